The molecule has 0 spiro atoms. The summed E-state index contributed by atoms with van der Waals surface area (Å²) < 4.78 is 27.6. The van der Waals surface area contributed by atoms with Gasteiger partial charge in [-0.2, -0.15) is 0 Å². The maximum Gasteiger partial charge on any atom is 0.255 e. The molecule has 11 heteroatoms. The normalized spacial score (nSPS) is 26.8. The summed E-state index contributed by atoms with van der Waals surface area (Å²) in [5.41, 5.74) is 2.09. The van der Waals surface area contributed by atoms with Crippen molar-refractivity contribution in [2.75, 3.05) is 14.1 Å². The Morgan fingerprint density at radius 3 is 2.37 bits per heavy atom. The van der Waals surface area contributed by atoms with Crippen LogP contribution in [-0.4, -0.2) is 68.5 Å². The molecule has 0 radical (unpaired) electrons. The van der Waals surface area contributed by atoms with Crippen LogP contribution < -0.4 is 5.73 Å². The molecule has 2 aromatic carbocycles. The molecule has 0 aromatic heterocycles. The van der Waals surface area contributed by atoms with Gasteiger partial charge in [0.05, 0.1) is 11.6 Å². The number of phenols is 1. The van der Waals surface area contributed by atoms with Crippen molar-refractivity contribution in [3.05, 3.63) is 75.8 Å². The summed E-state index contributed by atoms with van der Waals surface area (Å²) in [6, 6.07) is 4.77. The first-order valence-electron chi connectivity index (χ1n) is 11.8. The largest absolute Gasteiger partial charge is 0.510 e. The smallest absolute Gasteiger partial charge is 0.255 e. The molecule has 2 aromatic rings. The van der Waals surface area contributed by atoms with Gasteiger partial charge in [-0.15, -0.1) is 0 Å². The number of nitrogens with two attached hydrogens (primary N) is 1. The van der Waals surface area contributed by atoms with Crippen LogP contribution in [-0.2, 0) is 16.0 Å². The summed E-state index contributed by atoms with van der Waals surface area (Å²) >= 11 is 0. The Balaban J connectivity index is 1.73. The van der Waals surface area contributed by atoms with E-state index < -0.39 is 75.4 Å². The van der Waals surface area contributed by atoms with Crippen molar-refractivity contribution >= 4 is 17.5 Å². The molecular weight excluding hydrogens is 502 g/mol. The molecule has 0 saturated carbocycles. The molecule has 198 valence electrons. The first-order chi connectivity index (χ1) is 17.8. The molecule has 0 saturated heterocycles. The Bertz CT molecular complexity index is 1510. The van der Waals surface area contributed by atoms with Gasteiger partial charge in [-0.25, -0.2) is 8.78 Å². The molecule has 9 nitrogen and oxygen atoms in total. The fraction of sp³-hybridized carbons (Fsp3) is 0.296. The standard InChI is InChI=1S/C27H24F2N2O7/c1-31(2)21-14-8-11-7-13-12(10-3-5-15(28)16(29)9-10)4-6-17(32)19(13)22(33)18(11)24(35)27(14,38)25(36)20(23(21)34)26(30)37/h3-6,9,11,14,21,32,34-35,38H,7-8H2,1-2H3,(H2,30,37). The molecule has 0 heterocycles. The van der Waals surface area contributed by atoms with Crippen molar-refractivity contribution in [1.82, 2.24) is 4.90 Å². The van der Waals surface area contributed by atoms with Gasteiger partial charge in [0.25, 0.3) is 5.91 Å². The summed E-state index contributed by atoms with van der Waals surface area (Å²) in [5, 5.41) is 44.3. The second-order valence-electron chi connectivity index (χ2n) is 10.1. The minimum Gasteiger partial charge on any atom is -0.510 e. The maximum absolute atomic E-state index is 14.0. The zero-order valence-corrected chi connectivity index (χ0v) is 20.3. The number of primary amides is 1. The van der Waals surface area contributed by atoms with E-state index in [9.17, 15) is 43.6 Å². The number of aromatic hydroxyl groups is 1. The number of halogens is 2. The summed E-state index contributed by atoms with van der Waals surface area (Å²) in [4.78, 5) is 40.5. The second kappa shape index (κ2) is 8.47. The van der Waals surface area contributed by atoms with Crippen molar-refractivity contribution in [3.63, 3.8) is 0 Å². The number of amides is 1. The number of hydrogen-bond donors (Lipinski definition) is 5. The second-order valence-corrected chi connectivity index (χ2v) is 10.1. The number of allylic oxidation sites excluding steroid dienone is 1. The Kier molecular flexibility index (Phi) is 5.69. The summed E-state index contributed by atoms with van der Waals surface area (Å²) in [6.45, 7) is 0. The van der Waals surface area contributed by atoms with Gasteiger partial charge in [0.2, 0.25) is 5.78 Å². The maximum atomic E-state index is 14.0. The quantitative estimate of drug-likeness (QED) is 0.380. The molecule has 3 aliphatic rings. The number of benzene rings is 2. The zero-order chi connectivity index (χ0) is 27.8. The molecule has 38 heavy (non-hydrogen) atoms. The van der Waals surface area contributed by atoms with E-state index >= 15 is 0 Å². The van der Waals surface area contributed by atoms with Crippen molar-refractivity contribution in [1.29, 1.82) is 0 Å². The number of aliphatic hydroxyl groups is 3. The van der Waals surface area contributed by atoms with Gasteiger partial charge < -0.3 is 26.2 Å². The number of ketones is 2. The molecule has 6 N–H and O–H groups in total. The lowest BCUT2D eigenvalue weighted by atomic mass is 9.58. The third-order valence-electron chi connectivity index (χ3n) is 7.84. The SMILES string of the molecule is CN(C)C1C(O)=C(C(N)=O)C(=O)C2(O)C(O)=C3C(=O)c4c(O)ccc(-c5ccc(F)c(F)c5)c4CC3CC12. The predicted octanol–water partition coefficient (Wildman–Crippen LogP) is 2.07. The van der Waals surface area contributed by atoms with Crippen molar-refractivity contribution in [2.24, 2.45) is 17.6 Å². The van der Waals surface area contributed by atoms with E-state index in [0.717, 1.165) is 12.1 Å². The first kappa shape index (κ1) is 25.6. The van der Waals surface area contributed by atoms with E-state index in [1.54, 1.807) is 0 Å². The van der Waals surface area contributed by atoms with Gasteiger partial charge in [-0.05, 0) is 67.7 Å². The minimum absolute atomic E-state index is 0.0251. The van der Waals surface area contributed by atoms with Crippen LogP contribution in [0.15, 0.2) is 53.0 Å². The van der Waals surface area contributed by atoms with E-state index in [1.807, 2.05) is 0 Å². The number of likely N-dealkylation sites (N-methyl/N-ethyl adjacent to an activating group) is 1. The molecule has 5 rings (SSSR count). The highest BCUT2D eigenvalue weighted by atomic mass is 19.2. The fourth-order valence-corrected chi connectivity index (χ4v) is 6.18. The van der Waals surface area contributed by atoms with E-state index in [1.165, 1.54) is 37.2 Å². The number of phenolic OH excluding ortho intramolecular Hbond substituents is 1. The number of carbonyl (C=O) groups excluding carboxylic acids is 3. The molecule has 1 amide bonds. The molecular formula is C27H24F2N2O7. The highest BCUT2D eigenvalue weighted by Gasteiger charge is 2.63. The highest BCUT2D eigenvalue weighted by Crippen LogP contribution is 2.53. The lowest BCUT2D eigenvalue weighted by molar-refractivity contribution is -0.148. The Hall–Kier alpha value is -4.09. The van der Waals surface area contributed by atoms with Crippen LogP contribution in [0.3, 0.4) is 0 Å². The van der Waals surface area contributed by atoms with Gasteiger partial charge in [0.1, 0.15) is 22.8 Å². The fourth-order valence-electron chi connectivity index (χ4n) is 6.18. The zero-order valence-electron chi connectivity index (χ0n) is 20.3. The van der Waals surface area contributed by atoms with Crippen LogP contribution in [0.4, 0.5) is 8.78 Å². The molecule has 0 bridgehead atoms. The van der Waals surface area contributed by atoms with Crippen LogP contribution >= 0.6 is 0 Å². The van der Waals surface area contributed by atoms with Crippen molar-refractivity contribution < 1.29 is 43.6 Å². The van der Waals surface area contributed by atoms with Gasteiger partial charge >= 0.3 is 0 Å². The van der Waals surface area contributed by atoms with Gasteiger partial charge in [-0.1, -0.05) is 12.1 Å². The van der Waals surface area contributed by atoms with Crippen LogP contribution in [0.5, 0.6) is 5.75 Å². The average molecular weight is 526 g/mol. The van der Waals surface area contributed by atoms with E-state index in [4.69, 9.17) is 5.73 Å². The first-order valence-corrected chi connectivity index (χ1v) is 11.8. The van der Waals surface area contributed by atoms with Gasteiger partial charge in [0, 0.05) is 11.5 Å². The molecule has 0 fully saturated rings. The minimum atomic E-state index is -2.74. The molecule has 4 atom stereocenters. The third-order valence-corrected chi connectivity index (χ3v) is 7.84. The van der Waals surface area contributed by atoms with E-state index in [-0.39, 0.29) is 29.5 Å². The molecule has 0 aliphatic heterocycles. The number of hydrogen-bond acceptors (Lipinski definition) is 8. The third kappa shape index (κ3) is 3.31. The number of aliphatic hydroxyl groups excluding tert-OH is 2. The van der Waals surface area contributed by atoms with E-state index in [2.05, 4.69) is 0 Å². The summed E-state index contributed by atoms with van der Waals surface area (Å²) in [6.07, 6.45) is -0.0596. The van der Waals surface area contributed by atoms with Crippen LogP contribution in [0.25, 0.3) is 11.1 Å². The highest BCUT2D eigenvalue weighted by molar-refractivity contribution is 6.24. The van der Waals surface area contributed by atoms with E-state index in [0.29, 0.717) is 11.1 Å². The van der Waals surface area contributed by atoms with Crippen LogP contribution in [0, 0.1) is 23.5 Å². The Morgan fingerprint density at radius 2 is 1.76 bits per heavy atom. The lowest BCUT2D eigenvalue weighted by Crippen LogP contribution is -2.63. The van der Waals surface area contributed by atoms with Crippen molar-refractivity contribution in [2.45, 2.75) is 24.5 Å². The monoisotopic (exact) mass is 526 g/mol. The summed E-state index contributed by atoms with van der Waals surface area (Å²) in [5.74, 6) is -9.70. The lowest BCUT2D eigenvalue weighted by Gasteiger charge is -2.50. The van der Waals surface area contributed by atoms with Gasteiger partial charge in [-0.3, -0.25) is 19.3 Å². The Morgan fingerprint density at radius 1 is 1.08 bits per heavy atom. The summed E-state index contributed by atoms with van der Waals surface area (Å²) in [7, 11) is 3.07. The van der Waals surface area contributed by atoms with Crippen LogP contribution in [0.2, 0.25) is 0 Å². The van der Waals surface area contributed by atoms with Gasteiger partial charge in [0.15, 0.2) is 23.0 Å². The topological polar surface area (TPSA) is 161 Å². The molecule has 4 unspecified atom stereocenters. The van der Waals surface area contributed by atoms with Crippen molar-refractivity contribution in [3.8, 4) is 16.9 Å². The van der Waals surface area contributed by atoms with Crippen LogP contribution in [0.1, 0.15) is 22.3 Å². The Labute approximate surface area is 215 Å². The number of Topliss-reactive ketones (excluding diaryl/α,β-unsaturated/α-hetero) is 2. The molecule has 3 aliphatic carbocycles. The predicted molar refractivity (Wildman–Crippen MR) is 129 cm³/mol. The average Bonchev–Trinajstić information content (AvgIpc) is 2.83. The number of rotatable bonds is 3. The number of nitrogens with zero attached hydrogens (tertiary/aromatic N) is 1. The number of fused-ring (bicyclic) bond motifs is 3. The number of carbonyl (C=O) groups is 3.